The van der Waals surface area contributed by atoms with Crippen LogP contribution in [0.3, 0.4) is 0 Å². The zero-order valence-electron chi connectivity index (χ0n) is 22.1. The third-order valence-corrected chi connectivity index (χ3v) is 6.16. The quantitative estimate of drug-likeness (QED) is 0.154. The van der Waals surface area contributed by atoms with Gasteiger partial charge >= 0.3 is 5.97 Å². The Balaban J connectivity index is 1.68. The molecule has 0 saturated carbocycles. The van der Waals surface area contributed by atoms with Gasteiger partial charge in [0, 0.05) is 5.56 Å². The summed E-state index contributed by atoms with van der Waals surface area (Å²) >= 11 is 0. The second kappa shape index (κ2) is 14.8. The fourth-order valence-electron chi connectivity index (χ4n) is 4.41. The van der Waals surface area contributed by atoms with Gasteiger partial charge in [0.05, 0.1) is 20.6 Å². The van der Waals surface area contributed by atoms with Crippen molar-refractivity contribution in [1.82, 2.24) is 0 Å². The van der Waals surface area contributed by atoms with Crippen molar-refractivity contribution in [3.63, 3.8) is 0 Å². The largest absolute Gasteiger partial charge is 0.487 e. The van der Waals surface area contributed by atoms with Crippen LogP contribution >= 0.6 is 0 Å². The summed E-state index contributed by atoms with van der Waals surface area (Å²) in [5.41, 5.74) is 2.63. The number of esters is 1. The molecule has 2 aromatic rings. The number of hydrogen-bond donors (Lipinski definition) is 0. The SMILES string of the molecule is CCCCCCCCc1ccc(OC(C)COC(=O)C(C)C[N+](C)(C)Cc2ccccc2)cc1. The van der Waals surface area contributed by atoms with Crippen LogP contribution in [0.15, 0.2) is 54.6 Å². The molecule has 2 atom stereocenters. The monoisotopic (exact) mass is 468 g/mol. The number of aryl methyl sites for hydroxylation is 1. The molecule has 0 bridgehead atoms. The predicted octanol–water partition coefficient (Wildman–Crippen LogP) is 6.81. The van der Waals surface area contributed by atoms with E-state index in [9.17, 15) is 4.79 Å². The molecule has 2 aromatic carbocycles. The van der Waals surface area contributed by atoms with Gasteiger partial charge in [-0.15, -0.1) is 0 Å². The van der Waals surface area contributed by atoms with Crippen molar-refractivity contribution >= 4 is 5.97 Å². The fourth-order valence-corrected chi connectivity index (χ4v) is 4.41. The van der Waals surface area contributed by atoms with Crippen LogP contribution < -0.4 is 4.74 Å². The molecule has 0 radical (unpaired) electrons. The summed E-state index contributed by atoms with van der Waals surface area (Å²) in [4.78, 5) is 12.6. The molecule has 0 aromatic heterocycles. The molecule has 2 unspecified atom stereocenters. The Morgan fingerprint density at radius 1 is 0.853 bits per heavy atom. The van der Waals surface area contributed by atoms with Crippen LogP contribution in [0.5, 0.6) is 5.75 Å². The van der Waals surface area contributed by atoms with E-state index in [1.807, 2.05) is 32.0 Å². The first kappa shape index (κ1) is 27.9. The lowest BCUT2D eigenvalue weighted by Crippen LogP contribution is -2.44. The molecule has 0 fully saturated rings. The van der Waals surface area contributed by atoms with Crippen LogP contribution in [0.25, 0.3) is 0 Å². The van der Waals surface area contributed by atoms with Crippen LogP contribution in [-0.2, 0) is 22.5 Å². The smallest absolute Gasteiger partial charge is 0.314 e. The molecule has 0 aliphatic heterocycles. The summed E-state index contributed by atoms with van der Waals surface area (Å²) < 4.78 is 12.3. The normalized spacial score (nSPS) is 13.3. The standard InChI is InChI=1S/C30H46NO3/c1-6-7-8-9-10-12-15-27-18-20-29(21-19-27)34-26(3)24-33-30(32)25(2)22-31(4,5)23-28-16-13-11-14-17-28/h11,13-14,16-21,25-26H,6-10,12,15,22-24H2,1-5H3/q+1. The van der Waals surface area contributed by atoms with Crippen molar-refractivity contribution in [3.05, 3.63) is 65.7 Å². The summed E-state index contributed by atoms with van der Waals surface area (Å²) in [6.07, 6.45) is 8.83. The number of ether oxygens (including phenoxy) is 2. The average molecular weight is 469 g/mol. The topological polar surface area (TPSA) is 35.5 Å². The highest BCUT2D eigenvalue weighted by Gasteiger charge is 2.26. The predicted molar refractivity (Wildman–Crippen MR) is 141 cm³/mol. The lowest BCUT2D eigenvalue weighted by Gasteiger charge is -2.32. The van der Waals surface area contributed by atoms with Gasteiger partial charge in [-0.3, -0.25) is 4.79 Å². The van der Waals surface area contributed by atoms with E-state index in [2.05, 4.69) is 57.4 Å². The van der Waals surface area contributed by atoms with E-state index in [1.165, 1.54) is 49.7 Å². The van der Waals surface area contributed by atoms with E-state index in [0.29, 0.717) is 0 Å². The minimum atomic E-state index is -0.188. The first-order valence-corrected chi connectivity index (χ1v) is 13.1. The van der Waals surface area contributed by atoms with Gasteiger partial charge in [-0.25, -0.2) is 0 Å². The molecule has 0 aliphatic rings. The number of benzene rings is 2. The summed E-state index contributed by atoms with van der Waals surface area (Å²) in [6.45, 7) is 8.01. The van der Waals surface area contributed by atoms with Gasteiger partial charge in [-0.1, -0.05) is 81.5 Å². The van der Waals surface area contributed by atoms with Gasteiger partial charge in [0.25, 0.3) is 0 Å². The Hall–Kier alpha value is -2.33. The van der Waals surface area contributed by atoms with E-state index < -0.39 is 0 Å². The molecule has 2 rings (SSSR count). The van der Waals surface area contributed by atoms with Crippen molar-refractivity contribution in [3.8, 4) is 5.75 Å². The third-order valence-electron chi connectivity index (χ3n) is 6.16. The van der Waals surface area contributed by atoms with Gasteiger partial charge in [-0.2, -0.15) is 0 Å². The average Bonchev–Trinajstić information content (AvgIpc) is 2.80. The number of carbonyl (C=O) groups is 1. The van der Waals surface area contributed by atoms with E-state index in [-0.39, 0.29) is 24.6 Å². The van der Waals surface area contributed by atoms with Gasteiger partial charge in [0.15, 0.2) is 0 Å². The Labute approximate surface area is 207 Å². The van der Waals surface area contributed by atoms with Gasteiger partial charge in [0.1, 0.15) is 30.9 Å². The Morgan fingerprint density at radius 3 is 2.18 bits per heavy atom. The molecule has 0 aliphatic carbocycles. The molecule has 188 valence electrons. The zero-order valence-corrected chi connectivity index (χ0v) is 22.1. The van der Waals surface area contributed by atoms with Crippen molar-refractivity contribution in [2.24, 2.45) is 5.92 Å². The Morgan fingerprint density at radius 2 is 1.50 bits per heavy atom. The number of rotatable bonds is 16. The van der Waals surface area contributed by atoms with Gasteiger partial charge < -0.3 is 14.0 Å². The van der Waals surface area contributed by atoms with E-state index in [0.717, 1.165) is 29.7 Å². The molecule has 0 heterocycles. The third kappa shape index (κ3) is 11.2. The van der Waals surface area contributed by atoms with E-state index in [4.69, 9.17) is 9.47 Å². The van der Waals surface area contributed by atoms with Crippen LogP contribution in [0.4, 0.5) is 0 Å². The molecule has 0 saturated heterocycles. The van der Waals surface area contributed by atoms with Crippen molar-refractivity contribution in [2.75, 3.05) is 27.2 Å². The number of nitrogens with zero attached hydrogens (tertiary/aromatic N) is 1. The maximum Gasteiger partial charge on any atom is 0.314 e. The maximum atomic E-state index is 12.6. The van der Waals surface area contributed by atoms with Crippen molar-refractivity contribution < 1.29 is 18.8 Å². The van der Waals surface area contributed by atoms with Crippen LogP contribution in [0.1, 0.15) is 70.4 Å². The van der Waals surface area contributed by atoms with Gasteiger partial charge in [-0.05, 0) is 44.4 Å². The molecular weight excluding hydrogens is 422 g/mol. The summed E-state index contributed by atoms with van der Waals surface area (Å²) in [5, 5.41) is 0. The molecule has 0 N–H and O–H groups in total. The molecular formula is C30H46NO3+. The minimum Gasteiger partial charge on any atom is -0.487 e. The molecule has 4 nitrogen and oxygen atoms in total. The molecule has 34 heavy (non-hydrogen) atoms. The van der Waals surface area contributed by atoms with Gasteiger partial charge in [0.2, 0.25) is 0 Å². The van der Waals surface area contributed by atoms with E-state index >= 15 is 0 Å². The first-order valence-electron chi connectivity index (χ1n) is 13.1. The number of quaternary nitrogens is 1. The summed E-state index contributed by atoms with van der Waals surface area (Å²) in [6, 6.07) is 18.7. The second-order valence-corrected chi connectivity index (χ2v) is 10.4. The van der Waals surface area contributed by atoms with Crippen molar-refractivity contribution in [2.45, 2.75) is 78.4 Å². The summed E-state index contributed by atoms with van der Waals surface area (Å²) in [5.74, 6) is 0.486. The Bertz CT molecular complexity index is 817. The molecule has 0 amide bonds. The second-order valence-electron chi connectivity index (χ2n) is 10.4. The molecule has 4 heteroatoms. The number of unbranched alkanes of at least 4 members (excludes halogenated alkanes) is 5. The fraction of sp³-hybridized carbons (Fsp3) is 0.567. The van der Waals surface area contributed by atoms with Crippen LogP contribution in [-0.4, -0.2) is 43.8 Å². The molecule has 0 spiro atoms. The van der Waals surface area contributed by atoms with Crippen LogP contribution in [0.2, 0.25) is 0 Å². The Kier molecular flexibility index (Phi) is 12.2. The highest BCUT2D eigenvalue weighted by atomic mass is 16.6. The number of hydrogen-bond acceptors (Lipinski definition) is 3. The summed E-state index contributed by atoms with van der Waals surface area (Å²) in [7, 11) is 4.30. The van der Waals surface area contributed by atoms with Crippen molar-refractivity contribution in [1.29, 1.82) is 0 Å². The first-order chi connectivity index (χ1) is 16.3. The lowest BCUT2D eigenvalue weighted by atomic mass is 10.0. The minimum absolute atomic E-state index is 0.163. The zero-order chi connectivity index (χ0) is 24.8. The van der Waals surface area contributed by atoms with E-state index in [1.54, 1.807) is 0 Å². The lowest BCUT2D eigenvalue weighted by molar-refractivity contribution is -0.905. The number of carbonyl (C=O) groups excluding carboxylic acids is 1. The highest BCUT2D eigenvalue weighted by Crippen LogP contribution is 2.17. The highest BCUT2D eigenvalue weighted by molar-refractivity contribution is 5.72. The van der Waals surface area contributed by atoms with Crippen LogP contribution in [0, 0.1) is 5.92 Å². The maximum absolute atomic E-state index is 12.6.